The fraction of sp³-hybridized carbons (Fsp3) is 0.625. The fourth-order valence-corrected chi connectivity index (χ4v) is 3.29. The standard InChI is InChI=1S/C16H23Cl2NO/c1-3-19-15(16(2)8-4-5-9-20-16)11-12-10-13(17)6-7-14(12)18/h6-7,10,15,19H,3-5,8-9,11H2,1-2H3. The maximum atomic E-state index is 6.30. The van der Waals surface area contributed by atoms with Crippen LogP contribution in [0.5, 0.6) is 0 Å². The Morgan fingerprint density at radius 2 is 2.15 bits per heavy atom. The van der Waals surface area contributed by atoms with Gasteiger partial charge in [-0.1, -0.05) is 30.1 Å². The summed E-state index contributed by atoms with van der Waals surface area (Å²) in [6.45, 7) is 6.10. The van der Waals surface area contributed by atoms with Crippen LogP contribution in [-0.4, -0.2) is 24.8 Å². The number of halogens is 2. The molecule has 1 heterocycles. The molecule has 0 spiro atoms. The molecule has 1 aliphatic rings. The molecule has 2 rings (SSSR count). The van der Waals surface area contributed by atoms with Gasteiger partial charge in [-0.25, -0.2) is 0 Å². The van der Waals surface area contributed by atoms with E-state index in [-0.39, 0.29) is 11.6 Å². The highest BCUT2D eigenvalue weighted by atomic mass is 35.5. The summed E-state index contributed by atoms with van der Waals surface area (Å²) in [4.78, 5) is 0. The average Bonchev–Trinajstić information content (AvgIpc) is 2.43. The average molecular weight is 316 g/mol. The van der Waals surface area contributed by atoms with Crippen LogP contribution >= 0.6 is 23.2 Å². The molecule has 1 fully saturated rings. The lowest BCUT2D eigenvalue weighted by Gasteiger charge is -2.41. The molecule has 2 atom stereocenters. The van der Waals surface area contributed by atoms with Crippen molar-refractivity contribution in [1.82, 2.24) is 5.32 Å². The zero-order chi connectivity index (χ0) is 14.6. The van der Waals surface area contributed by atoms with Crippen LogP contribution in [0.4, 0.5) is 0 Å². The molecule has 0 aromatic heterocycles. The quantitative estimate of drug-likeness (QED) is 0.865. The first kappa shape index (κ1) is 16.1. The molecule has 1 N–H and O–H groups in total. The normalized spacial score (nSPS) is 24.6. The van der Waals surface area contributed by atoms with E-state index in [4.69, 9.17) is 27.9 Å². The number of likely N-dealkylation sites (N-methyl/N-ethyl adjacent to an activating group) is 1. The van der Waals surface area contributed by atoms with E-state index in [2.05, 4.69) is 19.2 Å². The Labute approximate surface area is 131 Å². The van der Waals surface area contributed by atoms with Crippen molar-refractivity contribution in [3.05, 3.63) is 33.8 Å². The van der Waals surface area contributed by atoms with Crippen molar-refractivity contribution in [3.63, 3.8) is 0 Å². The van der Waals surface area contributed by atoms with E-state index in [1.54, 1.807) is 0 Å². The van der Waals surface area contributed by atoms with E-state index in [1.165, 1.54) is 6.42 Å². The molecule has 0 bridgehead atoms. The summed E-state index contributed by atoms with van der Waals surface area (Å²) in [5.74, 6) is 0. The van der Waals surface area contributed by atoms with Crippen LogP contribution < -0.4 is 5.32 Å². The van der Waals surface area contributed by atoms with E-state index in [9.17, 15) is 0 Å². The molecule has 4 heteroatoms. The number of hydrogen-bond acceptors (Lipinski definition) is 2. The molecule has 2 nitrogen and oxygen atoms in total. The highest BCUT2D eigenvalue weighted by Gasteiger charge is 2.36. The van der Waals surface area contributed by atoms with Gasteiger partial charge in [0.1, 0.15) is 0 Å². The maximum absolute atomic E-state index is 6.30. The van der Waals surface area contributed by atoms with Crippen LogP contribution in [0.15, 0.2) is 18.2 Å². The summed E-state index contributed by atoms with van der Waals surface area (Å²) < 4.78 is 6.08. The van der Waals surface area contributed by atoms with Crippen molar-refractivity contribution in [3.8, 4) is 0 Å². The van der Waals surface area contributed by atoms with Crippen LogP contribution in [0, 0.1) is 0 Å². The molecule has 0 aliphatic carbocycles. The summed E-state index contributed by atoms with van der Waals surface area (Å²) in [5, 5.41) is 5.07. The van der Waals surface area contributed by atoms with Gasteiger partial charge in [-0.2, -0.15) is 0 Å². The molecule has 20 heavy (non-hydrogen) atoms. The minimum atomic E-state index is -0.125. The van der Waals surface area contributed by atoms with Crippen molar-refractivity contribution in [2.45, 2.75) is 51.2 Å². The Balaban J connectivity index is 2.18. The van der Waals surface area contributed by atoms with Gasteiger partial charge < -0.3 is 10.1 Å². The largest absolute Gasteiger partial charge is 0.374 e. The number of nitrogens with one attached hydrogen (secondary N) is 1. The van der Waals surface area contributed by atoms with Gasteiger partial charge in [0.2, 0.25) is 0 Å². The van der Waals surface area contributed by atoms with E-state index in [1.807, 2.05) is 18.2 Å². The predicted molar refractivity (Wildman–Crippen MR) is 85.8 cm³/mol. The van der Waals surface area contributed by atoms with Gasteiger partial charge in [0, 0.05) is 22.7 Å². The zero-order valence-corrected chi connectivity index (χ0v) is 13.7. The third kappa shape index (κ3) is 3.88. The fourth-order valence-electron chi connectivity index (χ4n) is 2.90. The molecule has 0 radical (unpaired) electrons. The van der Waals surface area contributed by atoms with Crippen molar-refractivity contribution in [2.75, 3.05) is 13.2 Å². The molecule has 0 saturated carbocycles. The van der Waals surface area contributed by atoms with Crippen LogP contribution in [0.1, 0.15) is 38.7 Å². The van der Waals surface area contributed by atoms with Gasteiger partial charge in [-0.15, -0.1) is 0 Å². The smallest absolute Gasteiger partial charge is 0.0810 e. The number of rotatable bonds is 5. The van der Waals surface area contributed by atoms with Gasteiger partial charge in [0.15, 0.2) is 0 Å². The van der Waals surface area contributed by atoms with E-state index < -0.39 is 0 Å². The van der Waals surface area contributed by atoms with Gasteiger partial charge >= 0.3 is 0 Å². The van der Waals surface area contributed by atoms with Crippen molar-refractivity contribution < 1.29 is 4.74 Å². The summed E-state index contributed by atoms with van der Waals surface area (Å²) in [6, 6.07) is 5.91. The van der Waals surface area contributed by atoms with Gasteiger partial charge in [0.25, 0.3) is 0 Å². The lowest BCUT2D eigenvalue weighted by Crippen LogP contribution is -2.53. The maximum Gasteiger partial charge on any atom is 0.0810 e. The number of benzene rings is 1. The van der Waals surface area contributed by atoms with Gasteiger partial charge in [-0.05, 0) is 62.9 Å². The van der Waals surface area contributed by atoms with Gasteiger partial charge in [-0.3, -0.25) is 0 Å². The first-order valence-corrected chi connectivity index (χ1v) is 8.12. The van der Waals surface area contributed by atoms with Crippen molar-refractivity contribution in [1.29, 1.82) is 0 Å². The second kappa shape index (κ2) is 7.13. The first-order valence-electron chi connectivity index (χ1n) is 7.36. The highest BCUT2D eigenvalue weighted by molar-refractivity contribution is 6.33. The van der Waals surface area contributed by atoms with Crippen LogP contribution in [0.25, 0.3) is 0 Å². The van der Waals surface area contributed by atoms with E-state index >= 15 is 0 Å². The van der Waals surface area contributed by atoms with Crippen LogP contribution in [0.3, 0.4) is 0 Å². The molecule has 112 valence electrons. The Morgan fingerprint density at radius 3 is 2.80 bits per heavy atom. The predicted octanol–water partition coefficient (Wildman–Crippen LogP) is 4.47. The third-order valence-corrected chi connectivity index (χ3v) is 4.72. The molecule has 1 aromatic rings. The Bertz CT molecular complexity index is 444. The minimum Gasteiger partial charge on any atom is -0.374 e. The Morgan fingerprint density at radius 1 is 1.35 bits per heavy atom. The first-order chi connectivity index (χ1) is 9.55. The molecule has 1 aromatic carbocycles. The van der Waals surface area contributed by atoms with Crippen molar-refractivity contribution >= 4 is 23.2 Å². The molecule has 0 amide bonds. The zero-order valence-electron chi connectivity index (χ0n) is 12.2. The number of ether oxygens (including phenoxy) is 1. The molecule has 2 unspecified atom stereocenters. The Hall–Kier alpha value is -0.280. The second-order valence-corrected chi connectivity index (χ2v) is 6.51. The monoisotopic (exact) mass is 315 g/mol. The molecule has 1 aliphatic heterocycles. The van der Waals surface area contributed by atoms with Gasteiger partial charge in [0.05, 0.1) is 5.60 Å². The second-order valence-electron chi connectivity index (χ2n) is 5.67. The SMILES string of the molecule is CCNC(Cc1cc(Cl)ccc1Cl)C1(C)CCCCO1. The third-order valence-electron chi connectivity index (χ3n) is 4.12. The lowest BCUT2D eigenvalue weighted by molar-refractivity contribution is -0.0881. The molecular formula is C16H23Cl2NO. The molecular weight excluding hydrogens is 293 g/mol. The van der Waals surface area contributed by atoms with Crippen LogP contribution in [0.2, 0.25) is 10.0 Å². The lowest BCUT2D eigenvalue weighted by atomic mass is 9.84. The number of hydrogen-bond donors (Lipinski definition) is 1. The van der Waals surface area contributed by atoms with E-state index in [0.717, 1.165) is 48.0 Å². The molecule has 1 saturated heterocycles. The van der Waals surface area contributed by atoms with E-state index in [0.29, 0.717) is 0 Å². The van der Waals surface area contributed by atoms with Crippen LogP contribution in [-0.2, 0) is 11.2 Å². The summed E-state index contributed by atoms with van der Waals surface area (Å²) in [7, 11) is 0. The summed E-state index contributed by atoms with van der Waals surface area (Å²) in [6.07, 6.45) is 4.31. The Kier molecular flexibility index (Phi) is 5.74. The summed E-state index contributed by atoms with van der Waals surface area (Å²) >= 11 is 12.4. The van der Waals surface area contributed by atoms with Crippen molar-refractivity contribution in [2.24, 2.45) is 0 Å². The summed E-state index contributed by atoms with van der Waals surface area (Å²) in [5.41, 5.74) is 0.959. The topological polar surface area (TPSA) is 21.3 Å². The highest BCUT2D eigenvalue weighted by Crippen LogP contribution is 2.31. The minimum absolute atomic E-state index is 0.125.